The van der Waals surface area contributed by atoms with E-state index in [9.17, 15) is 0 Å². The van der Waals surface area contributed by atoms with E-state index in [1.165, 1.54) is 34.1 Å². The predicted octanol–water partition coefficient (Wildman–Crippen LogP) is 4.86. The molecule has 1 aromatic heterocycles. The summed E-state index contributed by atoms with van der Waals surface area (Å²) in [7, 11) is 0. The molecule has 1 nitrogen and oxygen atoms in total. The first kappa shape index (κ1) is 12.6. The summed E-state index contributed by atoms with van der Waals surface area (Å²) in [4.78, 5) is 0. The molecule has 0 saturated heterocycles. The standard InChI is InChI=1S/C20H20N/c1-14-13-15(2)21-19-10-6-3-7-16(19)11-12-20(21)18-9-5-4-8-17(14)18/h3-12,14-15H,13H2,1-2H3/q+1. The van der Waals surface area contributed by atoms with Crippen LogP contribution in [0.1, 0.15) is 37.8 Å². The van der Waals surface area contributed by atoms with Crippen molar-refractivity contribution in [2.24, 2.45) is 0 Å². The Morgan fingerprint density at radius 2 is 1.62 bits per heavy atom. The van der Waals surface area contributed by atoms with Crippen molar-refractivity contribution in [3.8, 4) is 11.3 Å². The second kappa shape index (κ2) is 4.70. The lowest BCUT2D eigenvalue weighted by atomic mass is 9.92. The van der Waals surface area contributed by atoms with Gasteiger partial charge in [-0.1, -0.05) is 37.3 Å². The van der Waals surface area contributed by atoms with Crippen molar-refractivity contribution in [2.75, 3.05) is 0 Å². The first-order valence-corrected chi connectivity index (χ1v) is 7.78. The van der Waals surface area contributed by atoms with Gasteiger partial charge in [0.2, 0.25) is 11.2 Å². The molecule has 0 aliphatic carbocycles. The van der Waals surface area contributed by atoms with Gasteiger partial charge in [0, 0.05) is 29.5 Å². The Balaban J connectivity index is 2.11. The zero-order valence-corrected chi connectivity index (χ0v) is 12.6. The van der Waals surface area contributed by atoms with Crippen molar-refractivity contribution >= 4 is 10.9 Å². The van der Waals surface area contributed by atoms with Gasteiger partial charge in [-0.25, -0.2) is 0 Å². The van der Waals surface area contributed by atoms with E-state index in [1.54, 1.807) is 0 Å². The molecule has 1 heteroatoms. The maximum absolute atomic E-state index is 2.53. The average molecular weight is 274 g/mol. The molecule has 0 fully saturated rings. The lowest BCUT2D eigenvalue weighted by Gasteiger charge is -2.12. The monoisotopic (exact) mass is 274 g/mol. The van der Waals surface area contributed by atoms with Crippen molar-refractivity contribution in [1.29, 1.82) is 0 Å². The molecule has 2 heterocycles. The van der Waals surface area contributed by atoms with Crippen molar-refractivity contribution in [1.82, 2.24) is 0 Å². The molecule has 4 rings (SSSR count). The number of hydrogen-bond donors (Lipinski definition) is 0. The van der Waals surface area contributed by atoms with E-state index in [2.05, 4.69) is 79.1 Å². The molecule has 0 saturated carbocycles. The van der Waals surface area contributed by atoms with E-state index in [0.29, 0.717) is 12.0 Å². The molecule has 2 unspecified atom stereocenters. The van der Waals surface area contributed by atoms with Crippen LogP contribution in [0.15, 0.2) is 60.7 Å². The molecule has 0 spiro atoms. The molecule has 0 N–H and O–H groups in total. The van der Waals surface area contributed by atoms with Crippen molar-refractivity contribution in [2.45, 2.75) is 32.2 Å². The lowest BCUT2D eigenvalue weighted by Crippen LogP contribution is -2.40. The maximum Gasteiger partial charge on any atom is 0.213 e. The van der Waals surface area contributed by atoms with Crippen LogP contribution in [0.2, 0.25) is 0 Å². The molecule has 1 aliphatic heterocycles. The van der Waals surface area contributed by atoms with Crippen LogP contribution in [0.3, 0.4) is 0 Å². The van der Waals surface area contributed by atoms with Crippen molar-refractivity contribution in [3.63, 3.8) is 0 Å². The summed E-state index contributed by atoms with van der Waals surface area (Å²) in [5, 5.41) is 1.32. The lowest BCUT2D eigenvalue weighted by molar-refractivity contribution is -0.684. The number of rotatable bonds is 0. The largest absolute Gasteiger partial charge is 0.213 e. The minimum atomic E-state index is 0.508. The van der Waals surface area contributed by atoms with Gasteiger partial charge in [0.15, 0.2) is 6.04 Å². The van der Waals surface area contributed by atoms with Crippen LogP contribution in [0.25, 0.3) is 22.2 Å². The maximum atomic E-state index is 2.53. The molecule has 2 atom stereocenters. The second-order valence-corrected chi connectivity index (χ2v) is 6.22. The molecule has 104 valence electrons. The van der Waals surface area contributed by atoms with E-state index >= 15 is 0 Å². The number of fused-ring (bicyclic) bond motifs is 5. The van der Waals surface area contributed by atoms with Crippen LogP contribution in [-0.4, -0.2) is 0 Å². The summed E-state index contributed by atoms with van der Waals surface area (Å²) >= 11 is 0. The third-order valence-electron chi connectivity index (χ3n) is 4.78. The summed E-state index contributed by atoms with van der Waals surface area (Å²) in [5.41, 5.74) is 5.55. The Labute approximate surface area is 125 Å². The third kappa shape index (κ3) is 1.88. The highest BCUT2D eigenvalue weighted by atomic mass is 15.0. The molecular formula is C20H20N+. The quantitative estimate of drug-likeness (QED) is 0.515. The van der Waals surface area contributed by atoms with Gasteiger partial charge in [0.1, 0.15) is 0 Å². The zero-order chi connectivity index (χ0) is 14.4. The van der Waals surface area contributed by atoms with Gasteiger partial charge in [-0.2, -0.15) is 4.57 Å². The van der Waals surface area contributed by atoms with Gasteiger partial charge in [0.05, 0.1) is 0 Å². The van der Waals surface area contributed by atoms with E-state index < -0.39 is 0 Å². The summed E-state index contributed by atoms with van der Waals surface area (Å²) in [5.74, 6) is 0.592. The molecule has 0 bridgehead atoms. The Hall–Kier alpha value is -2.15. The SMILES string of the molecule is CC1CC(C)[n+]2c(ccc3ccccc32)-c2ccccc21. The number of aromatic nitrogens is 1. The molecule has 2 aromatic carbocycles. The van der Waals surface area contributed by atoms with E-state index in [-0.39, 0.29) is 0 Å². The summed E-state index contributed by atoms with van der Waals surface area (Å²) in [6, 6.07) is 22.6. The predicted molar refractivity (Wildman–Crippen MR) is 87.3 cm³/mol. The number of para-hydroxylation sites is 1. The molecular weight excluding hydrogens is 254 g/mol. The highest BCUT2D eigenvalue weighted by Gasteiger charge is 2.31. The fraction of sp³-hybridized carbons (Fsp3) is 0.250. The number of nitrogens with zero attached hydrogens (tertiary/aromatic N) is 1. The van der Waals surface area contributed by atoms with E-state index in [4.69, 9.17) is 0 Å². The van der Waals surface area contributed by atoms with Crippen molar-refractivity contribution < 1.29 is 4.57 Å². The van der Waals surface area contributed by atoms with Gasteiger partial charge in [-0.05, 0) is 36.6 Å². The zero-order valence-electron chi connectivity index (χ0n) is 12.6. The van der Waals surface area contributed by atoms with Crippen LogP contribution < -0.4 is 4.57 Å². The van der Waals surface area contributed by atoms with E-state index in [0.717, 1.165) is 0 Å². The highest BCUT2D eigenvalue weighted by molar-refractivity contribution is 5.78. The fourth-order valence-electron chi connectivity index (χ4n) is 3.83. The van der Waals surface area contributed by atoms with Gasteiger partial charge < -0.3 is 0 Å². The number of pyridine rings is 1. The van der Waals surface area contributed by atoms with Crippen LogP contribution in [0, 0.1) is 0 Å². The van der Waals surface area contributed by atoms with Gasteiger partial charge in [0.25, 0.3) is 0 Å². The average Bonchev–Trinajstić information content (AvgIpc) is 2.63. The van der Waals surface area contributed by atoms with E-state index in [1.807, 2.05) is 0 Å². The van der Waals surface area contributed by atoms with Crippen LogP contribution >= 0.6 is 0 Å². The third-order valence-corrected chi connectivity index (χ3v) is 4.78. The molecule has 1 aliphatic rings. The Kier molecular flexibility index (Phi) is 2.81. The molecule has 0 amide bonds. The van der Waals surface area contributed by atoms with Crippen molar-refractivity contribution in [3.05, 3.63) is 66.2 Å². The summed E-state index contributed by atoms with van der Waals surface area (Å²) in [6.45, 7) is 4.70. The smallest absolute Gasteiger partial charge is 0.189 e. The fourth-order valence-corrected chi connectivity index (χ4v) is 3.83. The minimum absolute atomic E-state index is 0.508. The molecule has 21 heavy (non-hydrogen) atoms. The van der Waals surface area contributed by atoms with Crippen LogP contribution in [0.4, 0.5) is 0 Å². The topological polar surface area (TPSA) is 3.88 Å². The Morgan fingerprint density at radius 1 is 0.857 bits per heavy atom. The van der Waals surface area contributed by atoms with Crippen LogP contribution in [-0.2, 0) is 0 Å². The summed E-state index contributed by atoms with van der Waals surface area (Å²) < 4.78 is 2.53. The Morgan fingerprint density at radius 3 is 2.52 bits per heavy atom. The van der Waals surface area contributed by atoms with Crippen LogP contribution in [0.5, 0.6) is 0 Å². The summed E-state index contributed by atoms with van der Waals surface area (Å²) in [6.07, 6.45) is 1.18. The first-order valence-electron chi connectivity index (χ1n) is 7.78. The highest BCUT2D eigenvalue weighted by Crippen LogP contribution is 2.36. The Bertz CT molecular complexity index is 819. The second-order valence-electron chi connectivity index (χ2n) is 6.22. The normalized spacial score (nSPS) is 20.7. The number of hydrogen-bond acceptors (Lipinski definition) is 0. The first-order chi connectivity index (χ1) is 10.3. The molecule has 0 radical (unpaired) electrons. The van der Waals surface area contributed by atoms with Gasteiger partial charge in [-0.15, -0.1) is 0 Å². The van der Waals surface area contributed by atoms with Gasteiger partial charge >= 0.3 is 0 Å². The minimum Gasteiger partial charge on any atom is -0.189 e. The number of benzene rings is 2. The molecule has 3 aromatic rings. The van der Waals surface area contributed by atoms with Gasteiger partial charge in [-0.3, -0.25) is 0 Å².